The molecule has 0 fully saturated rings. The highest BCUT2D eigenvalue weighted by molar-refractivity contribution is 5.94. The average Bonchev–Trinajstić information content (AvgIpc) is 2.41. The Morgan fingerprint density at radius 3 is 2.48 bits per heavy atom. The number of carbonyl (C=O) groups excluding carboxylic acids is 2. The van der Waals surface area contributed by atoms with Crippen LogP contribution in [-0.4, -0.2) is 29.4 Å². The number of amides is 2. The van der Waals surface area contributed by atoms with Gasteiger partial charge < -0.3 is 15.7 Å². The topological polar surface area (TPSA) is 95.5 Å². The number of anilines is 1. The van der Waals surface area contributed by atoms with Crippen LogP contribution in [0.2, 0.25) is 0 Å². The lowest BCUT2D eigenvalue weighted by Gasteiger charge is -2.07. The van der Waals surface area contributed by atoms with Gasteiger partial charge in [0.1, 0.15) is 5.82 Å². The lowest BCUT2D eigenvalue weighted by molar-refractivity contribution is -0.121. The first-order chi connectivity index (χ1) is 9.93. The molecule has 0 unspecified atom stereocenters. The van der Waals surface area contributed by atoms with Crippen molar-refractivity contribution in [3.05, 3.63) is 29.6 Å². The standard InChI is InChI=1S/C14H17FN2O4/c1-2-16-12(18)4-3-5-13(19)17-11-8-9(14(20)21)6-7-10(11)15/h6-8H,2-5H2,1H3,(H,16,18)(H,17,19)(H,20,21). The van der Waals surface area contributed by atoms with Crippen LogP contribution < -0.4 is 10.6 Å². The minimum Gasteiger partial charge on any atom is -0.478 e. The molecule has 6 nitrogen and oxygen atoms in total. The van der Waals surface area contributed by atoms with Gasteiger partial charge in [-0.15, -0.1) is 0 Å². The molecule has 21 heavy (non-hydrogen) atoms. The number of aromatic carboxylic acids is 1. The van der Waals surface area contributed by atoms with E-state index in [-0.39, 0.29) is 30.0 Å². The van der Waals surface area contributed by atoms with Gasteiger partial charge in [-0.05, 0) is 31.5 Å². The van der Waals surface area contributed by atoms with Gasteiger partial charge in [0, 0.05) is 19.4 Å². The fourth-order valence-corrected chi connectivity index (χ4v) is 1.66. The third-order valence-corrected chi connectivity index (χ3v) is 2.67. The van der Waals surface area contributed by atoms with E-state index < -0.39 is 17.7 Å². The number of halogens is 1. The Hall–Kier alpha value is -2.44. The van der Waals surface area contributed by atoms with Gasteiger partial charge in [0.2, 0.25) is 11.8 Å². The highest BCUT2D eigenvalue weighted by atomic mass is 19.1. The fraction of sp³-hybridized carbons (Fsp3) is 0.357. The summed E-state index contributed by atoms with van der Waals surface area (Å²) < 4.78 is 13.5. The number of hydrogen-bond donors (Lipinski definition) is 3. The SMILES string of the molecule is CCNC(=O)CCCC(=O)Nc1cc(C(=O)O)ccc1F. The average molecular weight is 296 g/mol. The molecule has 0 radical (unpaired) electrons. The zero-order valence-electron chi connectivity index (χ0n) is 11.6. The van der Waals surface area contributed by atoms with E-state index >= 15 is 0 Å². The molecule has 0 saturated carbocycles. The normalized spacial score (nSPS) is 10.0. The molecule has 0 aliphatic carbocycles. The maximum Gasteiger partial charge on any atom is 0.335 e. The first-order valence-electron chi connectivity index (χ1n) is 6.53. The first kappa shape index (κ1) is 16.6. The Balaban J connectivity index is 2.53. The molecular formula is C14H17FN2O4. The monoisotopic (exact) mass is 296 g/mol. The van der Waals surface area contributed by atoms with Gasteiger partial charge in [-0.25, -0.2) is 9.18 Å². The molecule has 1 aromatic rings. The van der Waals surface area contributed by atoms with Crippen molar-refractivity contribution in [2.24, 2.45) is 0 Å². The van der Waals surface area contributed by atoms with Gasteiger partial charge >= 0.3 is 5.97 Å². The van der Waals surface area contributed by atoms with Crippen LogP contribution in [0.25, 0.3) is 0 Å². The molecule has 0 aromatic heterocycles. The summed E-state index contributed by atoms with van der Waals surface area (Å²) >= 11 is 0. The molecule has 0 saturated heterocycles. The molecular weight excluding hydrogens is 279 g/mol. The first-order valence-corrected chi connectivity index (χ1v) is 6.53. The smallest absolute Gasteiger partial charge is 0.335 e. The molecule has 1 rings (SSSR count). The van der Waals surface area contributed by atoms with Crippen LogP contribution >= 0.6 is 0 Å². The zero-order valence-corrected chi connectivity index (χ0v) is 11.6. The lowest BCUT2D eigenvalue weighted by Crippen LogP contribution is -2.22. The van der Waals surface area contributed by atoms with Crippen LogP contribution in [0.4, 0.5) is 10.1 Å². The summed E-state index contributed by atoms with van der Waals surface area (Å²) in [6, 6.07) is 3.15. The van der Waals surface area contributed by atoms with E-state index in [1.54, 1.807) is 6.92 Å². The summed E-state index contributed by atoms with van der Waals surface area (Å²) in [5, 5.41) is 13.7. The van der Waals surface area contributed by atoms with Crippen molar-refractivity contribution >= 4 is 23.5 Å². The van der Waals surface area contributed by atoms with E-state index in [2.05, 4.69) is 10.6 Å². The number of carbonyl (C=O) groups is 3. The van der Waals surface area contributed by atoms with E-state index in [0.717, 1.165) is 18.2 Å². The molecule has 0 aliphatic rings. The van der Waals surface area contributed by atoms with Gasteiger partial charge in [-0.2, -0.15) is 0 Å². The summed E-state index contributed by atoms with van der Waals surface area (Å²) in [7, 11) is 0. The molecule has 114 valence electrons. The molecule has 2 amide bonds. The van der Waals surface area contributed by atoms with Crippen molar-refractivity contribution in [3.63, 3.8) is 0 Å². The molecule has 0 bridgehead atoms. The van der Waals surface area contributed by atoms with Gasteiger partial charge in [0.15, 0.2) is 0 Å². The van der Waals surface area contributed by atoms with E-state index in [4.69, 9.17) is 5.11 Å². The van der Waals surface area contributed by atoms with Crippen LogP contribution in [0.15, 0.2) is 18.2 Å². The van der Waals surface area contributed by atoms with Crippen LogP contribution in [0.3, 0.4) is 0 Å². The zero-order chi connectivity index (χ0) is 15.8. The second-order valence-electron chi connectivity index (χ2n) is 4.36. The maximum absolute atomic E-state index is 13.5. The van der Waals surface area contributed by atoms with E-state index in [9.17, 15) is 18.8 Å². The third kappa shape index (κ3) is 5.60. The molecule has 3 N–H and O–H groups in total. The molecule has 1 aromatic carbocycles. The highest BCUT2D eigenvalue weighted by Gasteiger charge is 2.11. The van der Waals surface area contributed by atoms with Crippen molar-refractivity contribution in [2.45, 2.75) is 26.2 Å². The quantitative estimate of drug-likeness (QED) is 0.714. The number of rotatable bonds is 7. The minimum absolute atomic E-state index is 0.0495. The minimum atomic E-state index is -1.21. The van der Waals surface area contributed by atoms with Gasteiger partial charge in [0.05, 0.1) is 11.3 Å². The van der Waals surface area contributed by atoms with Crippen molar-refractivity contribution in [1.29, 1.82) is 0 Å². The molecule has 0 aliphatic heterocycles. The third-order valence-electron chi connectivity index (χ3n) is 2.67. The van der Waals surface area contributed by atoms with Crippen molar-refractivity contribution < 1.29 is 23.9 Å². The van der Waals surface area contributed by atoms with Gasteiger partial charge in [0.25, 0.3) is 0 Å². The number of benzene rings is 1. The Kier molecular flexibility index (Phi) is 6.32. The Morgan fingerprint density at radius 2 is 1.86 bits per heavy atom. The Labute approximate surface area is 121 Å². The molecule has 0 atom stereocenters. The Bertz CT molecular complexity index is 546. The summed E-state index contributed by atoms with van der Waals surface area (Å²) in [6.45, 7) is 2.32. The van der Waals surface area contributed by atoms with Gasteiger partial charge in [-0.1, -0.05) is 0 Å². The second kappa shape index (κ2) is 7.98. The van der Waals surface area contributed by atoms with Crippen molar-refractivity contribution in [1.82, 2.24) is 5.32 Å². The fourth-order valence-electron chi connectivity index (χ4n) is 1.66. The van der Waals surface area contributed by atoms with E-state index in [0.29, 0.717) is 13.0 Å². The lowest BCUT2D eigenvalue weighted by atomic mass is 10.1. The summed E-state index contributed by atoms with van der Waals surface area (Å²) in [5.41, 5.74) is -0.299. The Morgan fingerprint density at radius 1 is 1.19 bits per heavy atom. The van der Waals surface area contributed by atoms with Crippen molar-refractivity contribution in [3.8, 4) is 0 Å². The number of hydrogen-bond acceptors (Lipinski definition) is 3. The van der Waals surface area contributed by atoms with Crippen LogP contribution in [0.1, 0.15) is 36.5 Å². The van der Waals surface area contributed by atoms with Crippen LogP contribution in [0, 0.1) is 5.82 Å². The largest absolute Gasteiger partial charge is 0.478 e. The highest BCUT2D eigenvalue weighted by Crippen LogP contribution is 2.16. The molecule has 0 heterocycles. The molecule has 0 spiro atoms. The van der Waals surface area contributed by atoms with E-state index in [1.807, 2.05) is 0 Å². The summed E-state index contributed by atoms with van der Waals surface area (Å²) in [4.78, 5) is 33.6. The summed E-state index contributed by atoms with van der Waals surface area (Å²) in [5.74, 6) is -2.54. The number of carboxylic acid groups (broad SMARTS) is 1. The predicted molar refractivity (Wildman–Crippen MR) is 74.5 cm³/mol. The second-order valence-corrected chi connectivity index (χ2v) is 4.36. The maximum atomic E-state index is 13.5. The number of carboxylic acids is 1. The van der Waals surface area contributed by atoms with E-state index in [1.165, 1.54) is 0 Å². The predicted octanol–water partition coefficient (Wildman–Crippen LogP) is 1.77. The molecule has 7 heteroatoms. The van der Waals surface area contributed by atoms with Crippen LogP contribution in [0.5, 0.6) is 0 Å². The van der Waals surface area contributed by atoms with Crippen molar-refractivity contribution in [2.75, 3.05) is 11.9 Å². The van der Waals surface area contributed by atoms with Gasteiger partial charge in [-0.3, -0.25) is 9.59 Å². The number of nitrogens with one attached hydrogen (secondary N) is 2. The van der Waals surface area contributed by atoms with Crippen LogP contribution in [-0.2, 0) is 9.59 Å². The summed E-state index contributed by atoms with van der Waals surface area (Å²) in [6.07, 6.45) is 0.588.